The number of amides is 3. The number of thiazole rings is 1. The lowest BCUT2D eigenvalue weighted by Crippen LogP contribution is -2.53. The van der Waals surface area contributed by atoms with Crippen LogP contribution in [-0.4, -0.2) is 57.7 Å². The second-order valence-electron chi connectivity index (χ2n) is 10.7. The molecule has 4 aromatic rings. The van der Waals surface area contributed by atoms with E-state index in [0.29, 0.717) is 5.69 Å². The van der Waals surface area contributed by atoms with Gasteiger partial charge in [-0.25, -0.2) is 9.88 Å². The fraction of sp³-hybridized carbons (Fsp3) is 0.312. The number of piperidine rings is 1. The number of hydrogen-bond acceptors (Lipinski definition) is 6. The van der Waals surface area contributed by atoms with Crippen LogP contribution in [0.5, 0.6) is 0 Å². The van der Waals surface area contributed by atoms with Gasteiger partial charge in [-0.15, -0.1) is 11.3 Å². The summed E-state index contributed by atoms with van der Waals surface area (Å²) in [5, 5.41) is 0.894. The number of aromatic nitrogens is 1. The second kappa shape index (κ2) is 10.9. The third-order valence-corrected chi connectivity index (χ3v) is 9.01. The molecule has 1 aromatic heterocycles. The third-order valence-electron chi connectivity index (χ3n) is 7.94. The number of carbonyl (C=O) groups is 3. The molecule has 2 aliphatic rings. The highest BCUT2D eigenvalue weighted by Gasteiger charge is 2.46. The first kappa shape index (κ1) is 26.3. The van der Waals surface area contributed by atoms with E-state index in [1.807, 2.05) is 42.5 Å². The summed E-state index contributed by atoms with van der Waals surface area (Å²) in [5.74, 6) is -0.753. The van der Waals surface area contributed by atoms with Gasteiger partial charge in [-0.3, -0.25) is 19.3 Å². The Labute approximate surface area is 238 Å². The second-order valence-corrected chi connectivity index (χ2v) is 11.8. The molecule has 3 aromatic carbocycles. The quantitative estimate of drug-likeness (QED) is 0.299. The molecule has 7 nitrogen and oxygen atoms in total. The molecule has 3 heterocycles. The van der Waals surface area contributed by atoms with Crippen LogP contribution in [-0.2, 0) is 20.9 Å². The van der Waals surface area contributed by atoms with Crippen molar-refractivity contribution < 1.29 is 14.4 Å². The van der Waals surface area contributed by atoms with Crippen LogP contribution in [0.15, 0.2) is 72.8 Å². The zero-order valence-electron chi connectivity index (χ0n) is 22.7. The van der Waals surface area contributed by atoms with Gasteiger partial charge in [0.1, 0.15) is 11.0 Å². The molecule has 8 heteroatoms. The van der Waals surface area contributed by atoms with E-state index in [2.05, 4.69) is 30.0 Å². The van der Waals surface area contributed by atoms with Crippen LogP contribution in [0.3, 0.4) is 0 Å². The van der Waals surface area contributed by atoms with Crippen LogP contribution in [0.2, 0.25) is 0 Å². The monoisotopic (exact) mass is 552 g/mol. The number of hydrogen-bond donors (Lipinski definition) is 0. The zero-order chi connectivity index (χ0) is 27.8. The van der Waals surface area contributed by atoms with Crippen molar-refractivity contribution in [2.45, 2.75) is 51.7 Å². The first-order valence-electron chi connectivity index (χ1n) is 13.8. The smallest absolute Gasteiger partial charge is 0.257 e. The minimum atomic E-state index is -0.761. The predicted molar refractivity (Wildman–Crippen MR) is 158 cm³/mol. The summed E-state index contributed by atoms with van der Waals surface area (Å²) < 4.78 is 1.13. The number of carbonyl (C=O) groups excluding carboxylic acids is 3. The standard InChI is InChI=1S/C32H32N4O3S/c1-21-8-13-27-29(18-21)40-31(33-27)24-9-11-25(12-10-24)36-30(38)19-28(32(36)39)35(22(2)37)26-14-16-34(17-15-26)20-23-6-4-3-5-7-23/h3-13,18,26,28H,14-17,19-20H2,1-2H3. The van der Waals surface area contributed by atoms with Gasteiger partial charge in [0.25, 0.3) is 5.91 Å². The summed E-state index contributed by atoms with van der Waals surface area (Å²) in [4.78, 5) is 49.6. The molecule has 6 rings (SSSR count). The van der Waals surface area contributed by atoms with Crippen molar-refractivity contribution in [3.05, 3.63) is 83.9 Å². The fourth-order valence-electron chi connectivity index (χ4n) is 5.94. The molecule has 0 spiro atoms. The van der Waals surface area contributed by atoms with Gasteiger partial charge < -0.3 is 4.90 Å². The molecule has 0 radical (unpaired) electrons. The van der Waals surface area contributed by atoms with Crippen molar-refractivity contribution in [2.24, 2.45) is 0 Å². The van der Waals surface area contributed by atoms with E-state index in [1.54, 1.807) is 28.4 Å². The number of anilines is 1. The van der Waals surface area contributed by atoms with E-state index in [0.717, 1.165) is 53.3 Å². The van der Waals surface area contributed by atoms with Crippen molar-refractivity contribution in [1.29, 1.82) is 0 Å². The molecule has 0 aliphatic carbocycles. The van der Waals surface area contributed by atoms with Crippen LogP contribution in [0, 0.1) is 6.92 Å². The maximum absolute atomic E-state index is 13.6. The Bertz CT molecular complexity index is 1560. The van der Waals surface area contributed by atoms with Crippen molar-refractivity contribution in [3.8, 4) is 10.6 Å². The van der Waals surface area contributed by atoms with Gasteiger partial charge in [-0.1, -0.05) is 36.4 Å². The number of likely N-dealkylation sites (tertiary alicyclic amines) is 1. The maximum atomic E-state index is 13.6. The Morgan fingerprint density at radius 3 is 2.42 bits per heavy atom. The molecule has 40 heavy (non-hydrogen) atoms. The van der Waals surface area contributed by atoms with Gasteiger partial charge in [-0.2, -0.15) is 0 Å². The van der Waals surface area contributed by atoms with Gasteiger partial charge in [0.15, 0.2) is 0 Å². The predicted octanol–water partition coefficient (Wildman–Crippen LogP) is 5.42. The van der Waals surface area contributed by atoms with Gasteiger partial charge in [0, 0.05) is 38.2 Å². The van der Waals surface area contributed by atoms with Crippen LogP contribution >= 0.6 is 11.3 Å². The lowest BCUT2D eigenvalue weighted by Gasteiger charge is -2.40. The van der Waals surface area contributed by atoms with Gasteiger partial charge in [-0.05, 0) is 67.3 Å². The molecule has 1 unspecified atom stereocenters. The summed E-state index contributed by atoms with van der Waals surface area (Å²) in [7, 11) is 0. The molecular formula is C32H32N4O3S. The summed E-state index contributed by atoms with van der Waals surface area (Å²) >= 11 is 1.62. The highest BCUT2D eigenvalue weighted by Crippen LogP contribution is 2.34. The maximum Gasteiger partial charge on any atom is 0.257 e. The number of imide groups is 1. The summed E-state index contributed by atoms with van der Waals surface area (Å²) in [6.07, 6.45) is 1.57. The number of nitrogens with zero attached hydrogens (tertiary/aromatic N) is 4. The average molecular weight is 553 g/mol. The molecule has 1 atom stereocenters. The molecule has 0 bridgehead atoms. The van der Waals surface area contributed by atoms with E-state index in [1.165, 1.54) is 23.0 Å². The molecule has 204 valence electrons. The Morgan fingerprint density at radius 2 is 1.73 bits per heavy atom. The lowest BCUT2D eigenvalue weighted by atomic mass is 9.99. The molecule has 2 fully saturated rings. The summed E-state index contributed by atoms with van der Waals surface area (Å²) in [5.41, 5.74) is 4.87. The van der Waals surface area contributed by atoms with Crippen LogP contribution in [0.4, 0.5) is 5.69 Å². The Hall–Kier alpha value is -3.88. The van der Waals surface area contributed by atoms with Crippen molar-refractivity contribution in [1.82, 2.24) is 14.8 Å². The average Bonchev–Trinajstić information content (AvgIpc) is 3.50. The first-order valence-corrected chi connectivity index (χ1v) is 14.6. The van der Waals surface area contributed by atoms with Crippen LogP contribution in [0.25, 0.3) is 20.8 Å². The van der Waals surface area contributed by atoms with Crippen molar-refractivity contribution in [2.75, 3.05) is 18.0 Å². The van der Waals surface area contributed by atoms with Gasteiger partial charge in [0.2, 0.25) is 11.8 Å². The molecule has 2 aliphatic heterocycles. The molecular weight excluding hydrogens is 520 g/mol. The normalized spacial score (nSPS) is 18.6. The lowest BCUT2D eigenvalue weighted by molar-refractivity contribution is -0.140. The largest absolute Gasteiger partial charge is 0.327 e. The van der Waals surface area contributed by atoms with E-state index in [9.17, 15) is 14.4 Å². The van der Waals surface area contributed by atoms with Crippen molar-refractivity contribution in [3.63, 3.8) is 0 Å². The Morgan fingerprint density at radius 1 is 1.00 bits per heavy atom. The summed E-state index contributed by atoms with van der Waals surface area (Å²) in [6, 6.07) is 23.1. The Kier molecular flexibility index (Phi) is 7.21. The van der Waals surface area contributed by atoms with Crippen LogP contribution < -0.4 is 4.90 Å². The Balaban J connectivity index is 1.15. The third kappa shape index (κ3) is 5.17. The fourth-order valence-corrected chi connectivity index (χ4v) is 7.01. The SMILES string of the molecule is CC(=O)N(C1CCN(Cc2ccccc2)CC1)C1CC(=O)N(c2ccc(-c3nc4ccc(C)cc4s3)cc2)C1=O. The van der Waals surface area contributed by atoms with Gasteiger partial charge >= 0.3 is 0 Å². The van der Waals surface area contributed by atoms with Crippen molar-refractivity contribution >= 4 is 45.0 Å². The molecule has 2 saturated heterocycles. The minimum Gasteiger partial charge on any atom is -0.327 e. The molecule has 0 N–H and O–H groups in total. The molecule has 3 amide bonds. The minimum absolute atomic E-state index is 0.0155. The van der Waals surface area contributed by atoms with E-state index >= 15 is 0 Å². The zero-order valence-corrected chi connectivity index (χ0v) is 23.6. The highest BCUT2D eigenvalue weighted by molar-refractivity contribution is 7.21. The van der Waals surface area contributed by atoms with E-state index in [-0.39, 0.29) is 30.2 Å². The number of fused-ring (bicyclic) bond motifs is 1. The first-order chi connectivity index (χ1) is 19.4. The molecule has 0 saturated carbocycles. The van der Waals surface area contributed by atoms with Gasteiger partial charge in [0.05, 0.1) is 22.3 Å². The van der Waals surface area contributed by atoms with Crippen LogP contribution in [0.1, 0.15) is 37.3 Å². The van der Waals surface area contributed by atoms with E-state index < -0.39 is 6.04 Å². The number of rotatable bonds is 6. The van der Waals surface area contributed by atoms with E-state index in [4.69, 9.17) is 4.98 Å². The highest BCUT2D eigenvalue weighted by atomic mass is 32.1. The topological polar surface area (TPSA) is 73.8 Å². The number of benzene rings is 3. The number of aryl methyl sites for hydroxylation is 1. The summed E-state index contributed by atoms with van der Waals surface area (Å²) in [6.45, 7) is 6.12.